The van der Waals surface area contributed by atoms with Crippen LogP contribution in [0.4, 0.5) is 17.1 Å². The quantitative estimate of drug-likeness (QED) is 0.133. The van der Waals surface area contributed by atoms with Gasteiger partial charge in [0.15, 0.2) is 0 Å². The van der Waals surface area contributed by atoms with Crippen LogP contribution in [0.3, 0.4) is 0 Å². The maximum Gasteiger partial charge on any atom is 0.0714 e. The van der Waals surface area contributed by atoms with E-state index in [1.54, 1.807) is 0 Å². The molecule has 1 aliphatic rings. The number of anilines is 3. The van der Waals surface area contributed by atoms with Crippen LogP contribution < -0.4 is 4.90 Å². The summed E-state index contributed by atoms with van der Waals surface area (Å²) in [6.07, 6.45) is 0. The first-order chi connectivity index (χ1) is 37.2. The van der Waals surface area contributed by atoms with E-state index < -0.39 is 5.41 Å². The topological polar surface area (TPSA) is 8.17 Å². The van der Waals surface area contributed by atoms with E-state index in [1.807, 2.05) is 0 Å². The third kappa shape index (κ3) is 7.41. The van der Waals surface area contributed by atoms with Gasteiger partial charge in [-0.3, -0.25) is 0 Å². The molecule has 13 aromatic rings. The standard InChI is InChI=1S/C73H50N2/c1-6-22-51(23-7-1)54-38-41-60(42-39-54)74(61-43-44-65-64-33-16-19-35-68(64)73(69(65)50-61,58-28-12-4-13-29-58)59-30-14-5-15-31-59)70-36-20-17-32-63(70)55-40-45-72-67(49-55)66-34-18-21-37-71(66)75(72)62-47-56(52-24-8-2-9-25-52)46-57(48-62)53-26-10-3-11-27-53/h1-50H. The van der Waals surface area contributed by atoms with Crippen molar-refractivity contribution in [2.24, 2.45) is 0 Å². The van der Waals surface area contributed by atoms with Gasteiger partial charge in [-0.1, -0.05) is 237 Å². The Morgan fingerprint density at radius 3 is 1.37 bits per heavy atom. The molecule has 352 valence electrons. The molecule has 0 saturated heterocycles. The van der Waals surface area contributed by atoms with Crippen LogP contribution in [0.15, 0.2) is 303 Å². The zero-order valence-corrected chi connectivity index (χ0v) is 41.3. The normalized spacial score (nSPS) is 12.4. The molecule has 0 aliphatic heterocycles. The van der Waals surface area contributed by atoms with Crippen LogP contribution in [0, 0.1) is 0 Å². The van der Waals surface area contributed by atoms with Gasteiger partial charge < -0.3 is 9.47 Å². The molecule has 0 radical (unpaired) electrons. The summed E-state index contributed by atoms with van der Waals surface area (Å²) in [5, 5.41) is 2.41. The zero-order chi connectivity index (χ0) is 49.7. The zero-order valence-electron chi connectivity index (χ0n) is 41.3. The lowest BCUT2D eigenvalue weighted by atomic mass is 9.67. The molecule has 0 spiro atoms. The predicted molar refractivity (Wildman–Crippen MR) is 315 cm³/mol. The summed E-state index contributed by atoms with van der Waals surface area (Å²) in [6.45, 7) is 0. The van der Waals surface area contributed by atoms with Crippen molar-refractivity contribution >= 4 is 38.9 Å². The van der Waals surface area contributed by atoms with Crippen molar-refractivity contribution in [3.8, 4) is 61.3 Å². The lowest BCUT2D eigenvalue weighted by Crippen LogP contribution is -2.28. The van der Waals surface area contributed by atoms with Gasteiger partial charge in [-0.15, -0.1) is 0 Å². The van der Waals surface area contributed by atoms with Crippen molar-refractivity contribution in [3.05, 3.63) is 326 Å². The highest BCUT2D eigenvalue weighted by Gasteiger charge is 2.46. The van der Waals surface area contributed by atoms with Crippen LogP contribution in [0.2, 0.25) is 0 Å². The van der Waals surface area contributed by atoms with E-state index in [1.165, 1.54) is 83.1 Å². The van der Waals surface area contributed by atoms with Crippen LogP contribution in [-0.2, 0) is 5.41 Å². The summed E-state index contributed by atoms with van der Waals surface area (Å²) in [7, 11) is 0. The first-order valence-electron chi connectivity index (χ1n) is 25.9. The van der Waals surface area contributed by atoms with Gasteiger partial charge in [0.2, 0.25) is 0 Å². The predicted octanol–water partition coefficient (Wildman–Crippen LogP) is 19.3. The summed E-state index contributed by atoms with van der Waals surface area (Å²) in [4.78, 5) is 2.47. The monoisotopic (exact) mass is 954 g/mol. The average Bonchev–Trinajstić information content (AvgIpc) is 3.99. The fraction of sp³-hybridized carbons (Fsp3) is 0.0137. The molecule has 1 aromatic heterocycles. The van der Waals surface area contributed by atoms with Gasteiger partial charge in [0.25, 0.3) is 0 Å². The highest BCUT2D eigenvalue weighted by molar-refractivity contribution is 6.11. The molecule has 0 bridgehead atoms. The van der Waals surface area contributed by atoms with Gasteiger partial charge in [-0.25, -0.2) is 0 Å². The molecule has 1 aliphatic carbocycles. The minimum Gasteiger partial charge on any atom is -0.310 e. The van der Waals surface area contributed by atoms with Gasteiger partial charge in [0, 0.05) is 33.4 Å². The molecule has 2 nitrogen and oxygen atoms in total. The molecule has 0 N–H and O–H groups in total. The molecule has 75 heavy (non-hydrogen) atoms. The number of hydrogen-bond donors (Lipinski definition) is 0. The molecule has 0 saturated carbocycles. The first-order valence-corrected chi connectivity index (χ1v) is 25.9. The van der Waals surface area contributed by atoms with E-state index in [4.69, 9.17) is 0 Å². The van der Waals surface area contributed by atoms with Crippen molar-refractivity contribution in [1.29, 1.82) is 0 Å². The molecule has 0 fully saturated rings. The smallest absolute Gasteiger partial charge is 0.0714 e. The van der Waals surface area contributed by atoms with Gasteiger partial charge in [-0.2, -0.15) is 0 Å². The second kappa shape index (κ2) is 18.4. The minimum absolute atomic E-state index is 0.547. The van der Waals surface area contributed by atoms with Crippen molar-refractivity contribution in [2.45, 2.75) is 5.41 Å². The van der Waals surface area contributed by atoms with Crippen LogP contribution in [0.5, 0.6) is 0 Å². The highest BCUT2D eigenvalue weighted by Crippen LogP contribution is 2.57. The molecule has 2 heteroatoms. The molecule has 0 amide bonds. The van der Waals surface area contributed by atoms with E-state index in [2.05, 4.69) is 313 Å². The lowest BCUT2D eigenvalue weighted by molar-refractivity contribution is 0.768. The van der Waals surface area contributed by atoms with E-state index in [0.29, 0.717) is 0 Å². The summed E-state index contributed by atoms with van der Waals surface area (Å²) >= 11 is 0. The van der Waals surface area contributed by atoms with Crippen LogP contribution in [0.1, 0.15) is 22.3 Å². The van der Waals surface area contributed by atoms with Crippen LogP contribution >= 0.6 is 0 Å². The number of aromatic nitrogens is 1. The van der Waals surface area contributed by atoms with Crippen LogP contribution in [-0.4, -0.2) is 4.57 Å². The molecule has 12 aromatic carbocycles. The number of nitrogens with zero attached hydrogens (tertiary/aromatic N) is 2. The average molecular weight is 955 g/mol. The van der Waals surface area contributed by atoms with Gasteiger partial charge in [0.05, 0.1) is 22.1 Å². The second-order valence-corrected chi connectivity index (χ2v) is 19.6. The Hall–Kier alpha value is -9.76. The number of rotatable bonds is 10. The molecule has 14 rings (SSSR count). The third-order valence-corrected chi connectivity index (χ3v) is 15.5. The number of hydrogen-bond acceptors (Lipinski definition) is 1. The van der Waals surface area contributed by atoms with Gasteiger partial charge >= 0.3 is 0 Å². The van der Waals surface area contributed by atoms with E-state index >= 15 is 0 Å². The second-order valence-electron chi connectivity index (χ2n) is 19.6. The molecular formula is C73H50N2. The number of benzene rings is 12. The van der Waals surface area contributed by atoms with Crippen molar-refractivity contribution in [1.82, 2.24) is 4.57 Å². The van der Waals surface area contributed by atoms with Crippen molar-refractivity contribution < 1.29 is 0 Å². The molecular weight excluding hydrogens is 905 g/mol. The Morgan fingerprint density at radius 1 is 0.267 bits per heavy atom. The Labute approximate surface area is 438 Å². The Balaban J connectivity index is 0.971. The first kappa shape index (κ1) is 44.0. The fourth-order valence-corrected chi connectivity index (χ4v) is 12.1. The molecule has 0 atom stereocenters. The van der Waals surface area contributed by atoms with E-state index in [-0.39, 0.29) is 0 Å². The maximum absolute atomic E-state index is 2.47. The molecule has 0 unspecified atom stereocenters. The van der Waals surface area contributed by atoms with Crippen molar-refractivity contribution in [3.63, 3.8) is 0 Å². The summed E-state index contributed by atoms with van der Waals surface area (Å²) < 4.78 is 2.45. The Morgan fingerprint density at radius 2 is 0.733 bits per heavy atom. The van der Waals surface area contributed by atoms with Crippen molar-refractivity contribution in [2.75, 3.05) is 4.90 Å². The summed E-state index contributed by atoms with van der Waals surface area (Å²) in [6, 6.07) is 111. The number of fused-ring (bicyclic) bond motifs is 6. The Kier molecular flexibility index (Phi) is 10.8. The van der Waals surface area contributed by atoms with E-state index in [9.17, 15) is 0 Å². The van der Waals surface area contributed by atoms with Crippen LogP contribution in [0.25, 0.3) is 83.1 Å². The van der Waals surface area contributed by atoms with Gasteiger partial charge in [-0.05, 0) is 139 Å². The number of para-hydroxylation sites is 2. The third-order valence-electron chi connectivity index (χ3n) is 15.5. The Bertz CT molecular complexity index is 4100. The summed E-state index contributed by atoms with van der Waals surface area (Å²) in [5.41, 5.74) is 23.1. The summed E-state index contributed by atoms with van der Waals surface area (Å²) in [5.74, 6) is 0. The van der Waals surface area contributed by atoms with Gasteiger partial charge in [0.1, 0.15) is 0 Å². The lowest BCUT2D eigenvalue weighted by Gasteiger charge is -2.35. The maximum atomic E-state index is 2.47. The fourth-order valence-electron chi connectivity index (χ4n) is 12.1. The minimum atomic E-state index is -0.547. The SMILES string of the molecule is c1ccc(-c2ccc(N(c3ccc4c(c3)C(c3ccccc3)(c3ccccc3)c3ccccc3-4)c3ccccc3-c3ccc4c(c3)c3ccccc3n4-c3cc(-c4ccccc4)cc(-c4ccccc4)c3)cc2)cc1. The highest BCUT2D eigenvalue weighted by atomic mass is 15.1. The van der Waals surface area contributed by atoms with E-state index in [0.717, 1.165) is 39.4 Å². The largest absolute Gasteiger partial charge is 0.310 e. The molecule has 1 heterocycles.